The summed E-state index contributed by atoms with van der Waals surface area (Å²) < 4.78 is 50.3. The Balaban J connectivity index is 1.61. The first-order chi connectivity index (χ1) is 13.5. The molecule has 3 rings (SSSR count). The highest BCUT2D eigenvalue weighted by molar-refractivity contribution is 7.92. The fraction of sp³-hybridized carbons (Fsp3) is 0.350. The zero-order chi connectivity index (χ0) is 21.2. The number of benzene rings is 2. The van der Waals surface area contributed by atoms with Gasteiger partial charge in [-0.2, -0.15) is 0 Å². The van der Waals surface area contributed by atoms with Gasteiger partial charge in [-0.05, 0) is 61.2 Å². The van der Waals surface area contributed by atoms with Crippen LogP contribution < -0.4 is 10.0 Å². The van der Waals surface area contributed by atoms with E-state index in [1.165, 1.54) is 24.3 Å². The molecule has 1 aliphatic heterocycles. The van der Waals surface area contributed by atoms with Gasteiger partial charge in [0.1, 0.15) is 0 Å². The first-order valence-electron chi connectivity index (χ1n) is 9.23. The molecule has 2 N–H and O–H groups in total. The van der Waals surface area contributed by atoms with Crippen LogP contribution in [0.15, 0.2) is 47.4 Å². The Labute approximate surface area is 171 Å². The lowest BCUT2D eigenvalue weighted by Gasteiger charge is -2.12. The van der Waals surface area contributed by atoms with Gasteiger partial charge in [0.2, 0.25) is 15.9 Å². The second kappa shape index (κ2) is 8.25. The number of sulfonamides is 1. The summed E-state index contributed by atoms with van der Waals surface area (Å²) in [4.78, 5) is 12.3. The van der Waals surface area contributed by atoms with Crippen LogP contribution in [0.4, 0.5) is 5.69 Å². The van der Waals surface area contributed by atoms with Crippen molar-refractivity contribution in [3.63, 3.8) is 0 Å². The lowest BCUT2D eigenvalue weighted by atomic mass is 10.0. The number of anilines is 1. The molecular weight excluding hydrogens is 412 g/mol. The topological polar surface area (TPSA) is 109 Å². The average Bonchev–Trinajstić information content (AvgIpc) is 2.96. The van der Waals surface area contributed by atoms with E-state index >= 15 is 0 Å². The van der Waals surface area contributed by atoms with Crippen molar-refractivity contribution >= 4 is 31.5 Å². The van der Waals surface area contributed by atoms with Gasteiger partial charge in [-0.25, -0.2) is 21.6 Å². The minimum atomic E-state index is -3.82. The second-order valence-electron chi connectivity index (χ2n) is 7.39. The van der Waals surface area contributed by atoms with E-state index in [1.54, 1.807) is 0 Å². The van der Waals surface area contributed by atoms with Crippen LogP contribution in [0.3, 0.4) is 0 Å². The summed E-state index contributed by atoms with van der Waals surface area (Å²) in [6, 6.07) is 11.0. The average molecular weight is 437 g/mol. The highest BCUT2D eigenvalue weighted by Crippen LogP contribution is 2.18. The van der Waals surface area contributed by atoms with E-state index in [9.17, 15) is 21.6 Å². The molecule has 1 fully saturated rings. The number of amides is 1. The SMILES string of the molecule is Cc1ccc(CC(=O)Nc2ccc(S(=O)(=O)N[C@@H]3CCS(=O)(=O)C3)cc2)cc1C. The largest absolute Gasteiger partial charge is 0.326 e. The third-order valence-electron chi connectivity index (χ3n) is 4.94. The van der Waals surface area contributed by atoms with Crippen LogP contribution in [0, 0.1) is 13.8 Å². The van der Waals surface area contributed by atoms with Crippen molar-refractivity contribution in [3.8, 4) is 0 Å². The molecule has 0 unspecified atom stereocenters. The minimum Gasteiger partial charge on any atom is -0.326 e. The fourth-order valence-electron chi connectivity index (χ4n) is 3.20. The highest BCUT2D eigenvalue weighted by Gasteiger charge is 2.31. The van der Waals surface area contributed by atoms with E-state index in [1.807, 2.05) is 32.0 Å². The maximum Gasteiger partial charge on any atom is 0.240 e. The Kier molecular flexibility index (Phi) is 6.11. The van der Waals surface area contributed by atoms with Crippen LogP contribution in [0.1, 0.15) is 23.1 Å². The van der Waals surface area contributed by atoms with Crippen molar-refractivity contribution < 1.29 is 21.6 Å². The molecule has 0 bridgehead atoms. The number of carbonyl (C=O) groups is 1. The first kappa shape index (κ1) is 21.5. The van der Waals surface area contributed by atoms with E-state index in [2.05, 4.69) is 10.0 Å². The predicted molar refractivity (Wildman–Crippen MR) is 112 cm³/mol. The molecular formula is C20H24N2O5S2. The van der Waals surface area contributed by atoms with Gasteiger partial charge < -0.3 is 5.32 Å². The maximum absolute atomic E-state index is 12.4. The van der Waals surface area contributed by atoms with Crippen molar-refractivity contribution in [3.05, 3.63) is 59.2 Å². The zero-order valence-electron chi connectivity index (χ0n) is 16.3. The molecule has 0 saturated carbocycles. The number of carbonyl (C=O) groups excluding carboxylic acids is 1. The van der Waals surface area contributed by atoms with Crippen LogP contribution in [0.5, 0.6) is 0 Å². The summed E-state index contributed by atoms with van der Waals surface area (Å²) in [6.45, 7) is 4.00. The molecule has 1 heterocycles. The summed E-state index contributed by atoms with van der Waals surface area (Å²) in [7, 11) is -7.00. The fourth-order valence-corrected chi connectivity index (χ4v) is 6.25. The molecule has 1 atom stereocenters. The van der Waals surface area contributed by atoms with Crippen molar-refractivity contribution in [2.45, 2.75) is 37.6 Å². The molecule has 1 amide bonds. The van der Waals surface area contributed by atoms with Crippen molar-refractivity contribution in [1.29, 1.82) is 0 Å². The van der Waals surface area contributed by atoms with Gasteiger partial charge in [0.05, 0.1) is 22.8 Å². The van der Waals surface area contributed by atoms with Crippen molar-refractivity contribution in [1.82, 2.24) is 4.72 Å². The molecule has 7 nitrogen and oxygen atoms in total. The van der Waals surface area contributed by atoms with Gasteiger partial charge >= 0.3 is 0 Å². The van der Waals surface area contributed by atoms with Gasteiger partial charge in [0.15, 0.2) is 9.84 Å². The summed E-state index contributed by atoms with van der Waals surface area (Å²) >= 11 is 0. The van der Waals surface area contributed by atoms with Gasteiger partial charge in [-0.15, -0.1) is 0 Å². The Morgan fingerprint density at radius 2 is 1.76 bits per heavy atom. The molecule has 1 saturated heterocycles. The van der Waals surface area contributed by atoms with Gasteiger partial charge in [-0.3, -0.25) is 4.79 Å². The van der Waals surface area contributed by atoms with Crippen molar-refractivity contribution in [2.24, 2.45) is 0 Å². The predicted octanol–water partition coefficient (Wildman–Crippen LogP) is 1.95. The normalized spacial score (nSPS) is 18.5. The number of sulfone groups is 1. The quantitative estimate of drug-likeness (QED) is 0.719. The summed E-state index contributed by atoms with van der Waals surface area (Å²) in [5, 5.41) is 2.75. The standard InChI is InChI=1S/C20H24N2O5S2/c1-14-3-4-16(11-15(14)2)12-20(23)21-17-5-7-19(8-6-17)29(26,27)22-18-9-10-28(24,25)13-18/h3-8,11,18,22H,9-10,12-13H2,1-2H3,(H,21,23)/t18-/m1/s1. The Hall–Kier alpha value is -2.23. The summed E-state index contributed by atoms with van der Waals surface area (Å²) in [5.41, 5.74) is 3.67. The molecule has 0 aliphatic carbocycles. The van der Waals surface area contributed by atoms with Gasteiger partial charge in [0.25, 0.3) is 0 Å². The van der Waals surface area contributed by atoms with E-state index in [0.29, 0.717) is 5.69 Å². The maximum atomic E-state index is 12.4. The molecule has 156 valence electrons. The number of hydrogen-bond acceptors (Lipinski definition) is 5. The second-order valence-corrected chi connectivity index (χ2v) is 11.3. The number of hydrogen-bond donors (Lipinski definition) is 2. The molecule has 0 aromatic heterocycles. The Morgan fingerprint density at radius 1 is 1.07 bits per heavy atom. The minimum absolute atomic E-state index is 0.00827. The Morgan fingerprint density at radius 3 is 2.34 bits per heavy atom. The Bertz CT molecular complexity index is 1120. The van der Waals surface area contributed by atoms with Crippen molar-refractivity contribution in [2.75, 3.05) is 16.8 Å². The summed E-state index contributed by atoms with van der Waals surface area (Å²) in [5.74, 6) is -0.386. The molecule has 1 aliphatic rings. The summed E-state index contributed by atoms with van der Waals surface area (Å²) in [6.07, 6.45) is 0.493. The monoisotopic (exact) mass is 436 g/mol. The van der Waals surface area contributed by atoms with E-state index < -0.39 is 25.9 Å². The van der Waals surface area contributed by atoms with Crippen LogP contribution in [0.25, 0.3) is 0 Å². The van der Waals surface area contributed by atoms with E-state index in [4.69, 9.17) is 0 Å². The molecule has 2 aromatic carbocycles. The number of aryl methyl sites for hydroxylation is 2. The van der Waals surface area contributed by atoms with Gasteiger partial charge in [0, 0.05) is 11.7 Å². The van der Waals surface area contributed by atoms with Crippen LogP contribution >= 0.6 is 0 Å². The lowest BCUT2D eigenvalue weighted by Crippen LogP contribution is -2.35. The van der Waals surface area contributed by atoms with Crippen LogP contribution in [-0.2, 0) is 31.1 Å². The highest BCUT2D eigenvalue weighted by atomic mass is 32.2. The smallest absolute Gasteiger partial charge is 0.240 e. The zero-order valence-corrected chi connectivity index (χ0v) is 17.9. The molecule has 0 spiro atoms. The first-order valence-corrected chi connectivity index (χ1v) is 12.5. The van der Waals surface area contributed by atoms with E-state index in [0.717, 1.165) is 16.7 Å². The molecule has 9 heteroatoms. The third kappa shape index (κ3) is 5.65. The third-order valence-corrected chi connectivity index (χ3v) is 8.24. The number of rotatable bonds is 6. The van der Waals surface area contributed by atoms with Gasteiger partial charge in [-0.1, -0.05) is 18.2 Å². The lowest BCUT2D eigenvalue weighted by molar-refractivity contribution is -0.115. The molecule has 0 radical (unpaired) electrons. The number of nitrogens with one attached hydrogen (secondary N) is 2. The van der Waals surface area contributed by atoms with Crippen LogP contribution in [0.2, 0.25) is 0 Å². The van der Waals surface area contributed by atoms with E-state index in [-0.39, 0.29) is 35.2 Å². The molecule has 2 aromatic rings. The molecule has 29 heavy (non-hydrogen) atoms. The van der Waals surface area contributed by atoms with Crippen LogP contribution in [-0.4, -0.2) is 40.3 Å².